The number of imide groups is 1. The summed E-state index contributed by atoms with van der Waals surface area (Å²) in [6.45, 7) is 3.32. The van der Waals surface area contributed by atoms with Gasteiger partial charge < -0.3 is 10.0 Å². The number of hydrogen-bond donors (Lipinski definition) is 2. The Bertz CT molecular complexity index is 389. The number of hydrogen-bond acceptors (Lipinski definition) is 4. The number of rotatable bonds is 6. The summed E-state index contributed by atoms with van der Waals surface area (Å²) in [6, 6.07) is 1.05. The van der Waals surface area contributed by atoms with Crippen molar-refractivity contribution in [3.8, 4) is 6.07 Å². The van der Waals surface area contributed by atoms with E-state index in [4.69, 9.17) is 10.4 Å². The Labute approximate surface area is 112 Å². The lowest BCUT2D eigenvalue weighted by Gasteiger charge is -2.23. The van der Waals surface area contributed by atoms with Crippen LogP contribution in [0.4, 0.5) is 4.79 Å². The van der Waals surface area contributed by atoms with Crippen LogP contribution in [0.3, 0.4) is 0 Å². The first-order chi connectivity index (χ1) is 8.77. The van der Waals surface area contributed by atoms with E-state index in [1.165, 1.54) is 11.9 Å². The quantitative estimate of drug-likeness (QED) is 0.746. The average molecular weight is 269 g/mol. The highest BCUT2D eigenvalue weighted by Gasteiger charge is 2.19. The summed E-state index contributed by atoms with van der Waals surface area (Å²) in [5.74, 6) is -1.84. The van der Waals surface area contributed by atoms with E-state index in [1.54, 1.807) is 13.8 Å². The van der Waals surface area contributed by atoms with Crippen LogP contribution in [0.5, 0.6) is 0 Å². The van der Waals surface area contributed by atoms with Gasteiger partial charge in [-0.3, -0.25) is 14.9 Å². The van der Waals surface area contributed by atoms with Gasteiger partial charge in [0.1, 0.15) is 0 Å². The first-order valence-electron chi connectivity index (χ1n) is 5.93. The summed E-state index contributed by atoms with van der Waals surface area (Å²) < 4.78 is 0. The minimum absolute atomic E-state index is 0.0293. The standard InChI is InChI=1S/C12H19N3O4/c1-8(7-11(17)18)6-10(16)14-12(19)15(3)9(2)4-5-13/h8-9H,4,6-7H2,1-3H3,(H,17,18)(H,14,16,19). The zero-order valence-corrected chi connectivity index (χ0v) is 11.3. The van der Waals surface area contributed by atoms with Gasteiger partial charge in [-0.1, -0.05) is 6.92 Å². The van der Waals surface area contributed by atoms with Gasteiger partial charge >= 0.3 is 12.0 Å². The molecule has 0 rings (SSSR count). The first kappa shape index (κ1) is 16.9. The Kier molecular flexibility index (Phi) is 7.19. The molecule has 0 aliphatic heterocycles. The van der Waals surface area contributed by atoms with Crippen molar-refractivity contribution in [3.63, 3.8) is 0 Å². The maximum absolute atomic E-state index is 11.6. The van der Waals surface area contributed by atoms with Crippen molar-refractivity contribution in [1.82, 2.24) is 10.2 Å². The fourth-order valence-electron chi connectivity index (χ4n) is 1.41. The Morgan fingerprint density at radius 2 is 1.89 bits per heavy atom. The normalized spacial score (nSPS) is 12.9. The van der Waals surface area contributed by atoms with Crippen LogP contribution in [0.1, 0.15) is 33.1 Å². The molecule has 0 aromatic heterocycles. The van der Waals surface area contributed by atoms with Crippen LogP contribution in [0.15, 0.2) is 0 Å². The molecule has 0 aromatic carbocycles. The van der Waals surface area contributed by atoms with Crippen molar-refractivity contribution >= 4 is 17.9 Å². The molecule has 7 heteroatoms. The monoisotopic (exact) mass is 269 g/mol. The molecule has 0 fully saturated rings. The van der Waals surface area contributed by atoms with Crippen LogP contribution in [0.25, 0.3) is 0 Å². The highest BCUT2D eigenvalue weighted by molar-refractivity contribution is 5.94. The minimum Gasteiger partial charge on any atom is -0.481 e. The van der Waals surface area contributed by atoms with Crippen LogP contribution in [0.2, 0.25) is 0 Å². The molecule has 0 aromatic rings. The third-order valence-corrected chi connectivity index (χ3v) is 2.67. The van der Waals surface area contributed by atoms with Gasteiger partial charge in [0.05, 0.1) is 12.5 Å². The molecular formula is C12H19N3O4. The molecule has 2 atom stereocenters. The predicted molar refractivity (Wildman–Crippen MR) is 67.0 cm³/mol. The number of carbonyl (C=O) groups is 3. The van der Waals surface area contributed by atoms with Gasteiger partial charge in [-0.05, 0) is 12.8 Å². The molecule has 0 aliphatic carbocycles. The van der Waals surface area contributed by atoms with E-state index in [1.807, 2.05) is 6.07 Å². The summed E-state index contributed by atoms with van der Waals surface area (Å²) in [5, 5.41) is 19.3. The molecular weight excluding hydrogens is 250 g/mol. The number of carboxylic acids is 1. The molecule has 19 heavy (non-hydrogen) atoms. The molecule has 0 heterocycles. The Hall–Kier alpha value is -2.10. The van der Waals surface area contributed by atoms with Crippen LogP contribution >= 0.6 is 0 Å². The van der Waals surface area contributed by atoms with Crippen molar-refractivity contribution in [2.24, 2.45) is 5.92 Å². The van der Waals surface area contributed by atoms with Crippen molar-refractivity contribution < 1.29 is 19.5 Å². The molecule has 0 saturated carbocycles. The number of urea groups is 1. The second-order valence-electron chi connectivity index (χ2n) is 4.58. The Balaban J connectivity index is 4.22. The first-order valence-corrected chi connectivity index (χ1v) is 5.93. The number of carbonyl (C=O) groups excluding carboxylic acids is 2. The third-order valence-electron chi connectivity index (χ3n) is 2.67. The number of aliphatic carboxylic acids is 1. The highest BCUT2D eigenvalue weighted by Crippen LogP contribution is 2.07. The number of amides is 3. The van der Waals surface area contributed by atoms with E-state index in [0.29, 0.717) is 0 Å². The largest absolute Gasteiger partial charge is 0.481 e. The van der Waals surface area contributed by atoms with Gasteiger partial charge in [-0.15, -0.1) is 0 Å². The summed E-state index contributed by atoms with van der Waals surface area (Å²) in [5.41, 5.74) is 0. The van der Waals surface area contributed by atoms with E-state index < -0.39 is 17.9 Å². The maximum atomic E-state index is 11.6. The van der Waals surface area contributed by atoms with Gasteiger partial charge in [-0.2, -0.15) is 5.26 Å². The van der Waals surface area contributed by atoms with Crippen LogP contribution < -0.4 is 5.32 Å². The lowest BCUT2D eigenvalue weighted by atomic mass is 10.0. The van der Waals surface area contributed by atoms with E-state index >= 15 is 0 Å². The SMILES string of the molecule is CC(CC(=O)O)CC(=O)NC(=O)N(C)C(C)CC#N. The number of nitriles is 1. The predicted octanol–water partition coefficient (Wildman–Crippen LogP) is 0.957. The molecule has 2 unspecified atom stereocenters. The zero-order valence-electron chi connectivity index (χ0n) is 11.3. The fraction of sp³-hybridized carbons (Fsp3) is 0.667. The highest BCUT2D eigenvalue weighted by atomic mass is 16.4. The summed E-state index contributed by atoms with van der Waals surface area (Å²) in [6.07, 6.45) is 0.0221. The van der Waals surface area contributed by atoms with Gasteiger partial charge in [0.25, 0.3) is 0 Å². The Morgan fingerprint density at radius 1 is 1.32 bits per heavy atom. The van der Waals surface area contributed by atoms with Crippen LogP contribution in [-0.4, -0.2) is 41.0 Å². The molecule has 0 radical (unpaired) electrons. The lowest BCUT2D eigenvalue weighted by Crippen LogP contribution is -2.45. The van der Waals surface area contributed by atoms with Crippen LogP contribution in [-0.2, 0) is 9.59 Å². The molecule has 0 spiro atoms. The number of carboxylic acid groups (broad SMARTS) is 1. The molecule has 0 bridgehead atoms. The smallest absolute Gasteiger partial charge is 0.324 e. The molecule has 0 saturated heterocycles. The van der Waals surface area contributed by atoms with Gasteiger partial charge in [0.2, 0.25) is 5.91 Å². The van der Waals surface area contributed by atoms with Crippen molar-refractivity contribution in [1.29, 1.82) is 5.26 Å². The van der Waals surface area contributed by atoms with E-state index in [2.05, 4.69) is 5.32 Å². The minimum atomic E-state index is -0.980. The topological polar surface area (TPSA) is 110 Å². The fourth-order valence-corrected chi connectivity index (χ4v) is 1.41. The molecule has 3 amide bonds. The molecule has 0 aliphatic rings. The molecule has 106 valence electrons. The van der Waals surface area contributed by atoms with E-state index in [-0.39, 0.29) is 31.2 Å². The van der Waals surface area contributed by atoms with Crippen molar-refractivity contribution in [2.75, 3.05) is 7.05 Å². The van der Waals surface area contributed by atoms with E-state index in [0.717, 1.165) is 0 Å². The third kappa shape index (κ3) is 7.03. The van der Waals surface area contributed by atoms with E-state index in [9.17, 15) is 14.4 Å². The second-order valence-corrected chi connectivity index (χ2v) is 4.58. The second kappa shape index (κ2) is 8.08. The lowest BCUT2D eigenvalue weighted by molar-refractivity contribution is -0.138. The van der Waals surface area contributed by atoms with Crippen molar-refractivity contribution in [2.45, 2.75) is 39.2 Å². The van der Waals surface area contributed by atoms with Crippen LogP contribution in [0, 0.1) is 17.2 Å². The molecule has 7 nitrogen and oxygen atoms in total. The van der Waals surface area contributed by atoms with Gasteiger partial charge in [0, 0.05) is 25.9 Å². The Morgan fingerprint density at radius 3 is 2.37 bits per heavy atom. The molecule has 2 N–H and O–H groups in total. The van der Waals surface area contributed by atoms with Gasteiger partial charge in [-0.25, -0.2) is 4.79 Å². The summed E-state index contributed by atoms with van der Waals surface area (Å²) in [7, 11) is 1.49. The number of nitrogens with one attached hydrogen (secondary N) is 1. The number of nitrogens with zero attached hydrogens (tertiary/aromatic N) is 2. The summed E-state index contributed by atoms with van der Waals surface area (Å²) >= 11 is 0. The maximum Gasteiger partial charge on any atom is 0.324 e. The summed E-state index contributed by atoms with van der Waals surface area (Å²) in [4.78, 5) is 34.9. The average Bonchev–Trinajstić information content (AvgIpc) is 2.26. The van der Waals surface area contributed by atoms with Gasteiger partial charge in [0.15, 0.2) is 0 Å². The van der Waals surface area contributed by atoms with Crippen molar-refractivity contribution in [3.05, 3.63) is 0 Å². The zero-order chi connectivity index (χ0) is 15.0.